The van der Waals surface area contributed by atoms with Gasteiger partial charge in [-0.25, -0.2) is 0 Å². The summed E-state index contributed by atoms with van der Waals surface area (Å²) in [5.41, 5.74) is 1.59. The SMILES string of the molecule is CCN(Cc1ccncc1)C(=O)C1CCC(NC(=O)c2cccc3c2OCCO3)CC1. The van der Waals surface area contributed by atoms with Crippen LogP contribution in [0.2, 0.25) is 0 Å². The van der Waals surface area contributed by atoms with Crippen molar-refractivity contribution in [2.45, 2.75) is 45.2 Å². The second kappa shape index (κ2) is 9.81. The molecule has 31 heavy (non-hydrogen) atoms. The number of nitrogens with one attached hydrogen (secondary N) is 1. The van der Waals surface area contributed by atoms with Crippen LogP contribution in [0.3, 0.4) is 0 Å². The fraction of sp³-hybridized carbons (Fsp3) is 0.458. The van der Waals surface area contributed by atoms with E-state index in [-0.39, 0.29) is 23.8 Å². The molecule has 164 valence electrons. The second-order valence-corrected chi connectivity index (χ2v) is 8.06. The first-order valence-corrected chi connectivity index (χ1v) is 11.0. The average Bonchev–Trinajstić information content (AvgIpc) is 2.83. The van der Waals surface area contributed by atoms with Crippen molar-refractivity contribution in [2.75, 3.05) is 19.8 Å². The molecule has 2 aromatic rings. The second-order valence-electron chi connectivity index (χ2n) is 8.06. The van der Waals surface area contributed by atoms with Crippen LogP contribution >= 0.6 is 0 Å². The van der Waals surface area contributed by atoms with E-state index in [0.29, 0.717) is 43.4 Å². The number of rotatable bonds is 6. The standard InChI is InChI=1S/C24H29N3O4/c1-2-27(16-17-10-12-25-13-11-17)24(29)18-6-8-19(9-7-18)26-23(28)20-4-3-5-21-22(20)31-15-14-30-21/h3-5,10-13,18-19H,2,6-9,14-16H2,1H3,(H,26,28). The summed E-state index contributed by atoms with van der Waals surface area (Å²) in [5, 5.41) is 3.12. The summed E-state index contributed by atoms with van der Waals surface area (Å²) < 4.78 is 11.2. The molecule has 0 bridgehead atoms. The Balaban J connectivity index is 1.31. The number of pyridine rings is 1. The van der Waals surface area contributed by atoms with Crippen LogP contribution in [0.4, 0.5) is 0 Å². The Hall–Kier alpha value is -3.09. The first-order chi connectivity index (χ1) is 15.2. The molecule has 1 aromatic heterocycles. The molecule has 1 aliphatic carbocycles. The lowest BCUT2D eigenvalue weighted by molar-refractivity contribution is -0.137. The zero-order valence-corrected chi connectivity index (χ0v) is 17.9. The topological polar surface area (TPSA) is 80.8 Å². The molecular formula is C24H29N3O4. The van der Waals surface area contributed by atoms with Gasteiger partial charge in [-0.15, -0.1) is 0 Å². The Morgan fingerprint density at radius 3 is 2.55 bits per heavy atom. The zero-order chi connectivity index (χ0) is 21.6. The van der Waals surface area contributed by atoms with Gasteiger partial charge in [-0.1, -0.05) is 6.07 Å². The predicted octanol–water partition coefficient (Wildman–Crippen LogP) is 3.19. The molecule has 1 N–H and O–H groups in total. The molecule has 1 aromatic carbocycles. The lowest BCUT2D eigenvalue weighted by atomic mass is 9.85. The normalized spacial score (nSPS) is 20.0. The molecule has 0 spiro atoms. The van der Waals surface area contributed by atoms with Crippen LogP contribution in [0.1, 0.15) is 48.5 Å². The number of amides is 2. The summed E-state index contributed by atoms with van der Waals surface area (Å²) in [7, 11) is 0. The minimum Gasteiger partial charge on any atom is -0.486 e. The van der Waals surface area contributed by atoms with Gasteiger partial charge in [0.15, 0.2) is 11.5 Å². The lowest BCUT2D eigenvalue weighted by Gasteiger charge is -2.32. The van der Waals surface area contributed by atoms with E-state index in [1.54, 1.807) is 24.5 Å². The maximum Gasteiger partial charge on any atom is 0.255 e. The largest absolute Gasteiger partial charge is 0.486 e. The molecule has 7 heteroatoms. The fourth-order valence-electron chi connectivity index (χ4n) is 4.31. The van der Waals surface area contributed by atoms with Crippen LogP contribution in [-0.4, -0.2) is 47.5 Å². The highest BCUT2D eigenvalue weighted by Crippen LogP contribution is 2.34. The number of hydrogen-bond acceptors (Lipinski definition) is 5. The van der Waals surface area contributed by atoms with E-state index in [1.165, 1.54) is 0 Å². The molecule has 4 rings (SSSR count). The number of para-hydroxylation sites is 1. The molecule has 1 fully saturated rings. The van der Waals surface area contributed by atoms with Crippen molar-refractivity contribution in [1.29, 1.82) is 0 Å². The van der Waals surface area contributed by atoms with Crippen LogP contribution in [0.25, 0.3) is 0 Å². The van der Waals surface area contributed by atoms with Gasteiger partial charge in [-0.3, -0.25) is 14.6 Å². The van der Waals surface area contributed by atoms with E-state index in [0.717, 1.165) is 31.2 Å². The van der Waals surface area contributed by atoms with Gasteiger partial charge in [0.2, 0.25) is 5.91 Å². The summed E-state index contributed by atoms with van der Waals surface area (Å²) in [5.74, 6) is 1.19. The van der Waals surface area contributed by atoms with Gasteiger partial charge in [-0.2, -0.15) is 0 Å². The van der Waals surface area contributed by atoms with Crippen LogP contribution in [0.5, 0.6) is 11.5 Å². The van der Waals surface area contributed by atoms with Crippen molar-refractivity contribution in [3.05, 3.63) is 53.9 Å². The van der Waals surface area contributed by atoms with Crippen molar-refractivity contribution >= 4 is 11.8 Å². The summed E-state index contributed by atoms with van der Waals surface area (Å²) in [6.07, 6.45) is 6.65. The Morgan fingerprint density at radius 2 is 1.81 bits per heavy atom. The van der Waals surface area contributed by atoms with E-state index >= 15 is 0 Å². The number of carbonyl (C=O) groups excluding carboxylic acids is 2. The third-order valence-corrected chi connectivity index (χ3v) is 6.04. The van der Waals surface area contributed by atoms with Crippen LogP contribution < -0.4 is 14.8 Å². The van der Waals surface area contributed by atoms with Gasteiger partial charge in [0.25, 0.3) is 5.91 Å². The molecule has 1 saturated carbocycles. The number of hydrogen-bond donors (Lipinski definition) is 1. The number of aromatic nitrogens is 1. The van der Waals surface area contributed by atoms with Crippen molar-refractivity contribution < 1.29 is 19.1 Å². The van der Waals surface area contributed by atoms with Gasteiger partial charge in [-0.05, 0) is 62.4 Å². The molecule has 0 saturated heterocycles. The quantitative estimate of drug-likeness (QED) is 0.772. The minimum absolute atomic E-state index is 0.0103. The van der Waals surface area contributed by atoms with Crippen molar-refractivity contribution in [1.82, 2.24) is 15.2 Å². The first kappa shape index (κ1) is 21.2. The Labute approximate surface area is 182 Å². The van der Waals surface area contributed by atoms with E-state index in [2.05, 4.69) is 10.3 Å². The van der Waals surface area contributed by atoms with E-state index in [4.69, 9.17) is 9.47 Å². The predicted molar refractivity (Wildman–Crippen MR) is 116 cm³/mol. The fourth-order valence-corrected chi connectivity index (χ4v) is 4.31. The molecule has 0 radical (unpaired) electrons. The number of fused-ring (bicyclic) bond motifs is 1. The number of carbonyl (C=O) groups is 2. The third-order valence-electron chi connectivity index (χ3n) is 6.04. The highest BCUT2D eigenvalue weighted by Gasteiger charge is 2.30. The molecule has 7 nitrogen and oxygen atoms in total. The zero-order valence-electron chi connectivity index (χ0n) is 17.9. The summed E-state index contributed by atoms with van der Waals surface area (Å²) >= 11 is 0. The molecule has 2 amide bonds. The molecule has 0 unspecified atom stereocenters. The lowest BCUT2D eigenvalue weighted by Crippen LogP contribution is -2.42. The number of nitrogens with zero attached hydrogens (tertiary/aromatic N) is 2. The average molecular weight is 424 g/mol. The maximum absolute atomic E-state index is 13.0. The van der Waals surface area contributed by atoms with Gasteiger partial charge < -0.3 is 19.7 Å². The molecule has 0 atom stereocenters. The molecule has 2 aliphatic rings. The first-order valence-electron chi connectivity index (χ1n) is 11.0. The maximum atomic E-state index is 13.0. The van der Waals surface area contributed by atoms with Gasteiger partial charge in [0.05, 0.1) is 5.56 Å². The molecule has 1 aliphatic heterocycles. The number of benzene rings is 1. The van der Waals surface area contributed by atoms with Gasteiger partial charge in [0, 0.05) is 37.4 Å². The monoisotopic (exact) mass is 423 g/mol. The highest BCUT2D eigenvalue weighted by atomic mass is 16.6. The molecule has 2 heterocycles. The van der Waals surface area contributed by atoms with Crippen LogP contribution in [-0.2, 0) is 11.3 Å². The van der Waals surface area contributed by atoms with Gasteiger partial charge >= 0.3 is 0 Å². The summed E-state index contributed by atoms with van der Waals surface area (Å²) in [6.45, 7) is 4.23. The van der Waals surface area contributed by atoms with Crippen LogP contribution in [0.15, 0.2) is 42.7 Å². The number of ether oxygens (including phenoxy) is 2. The van der Waals surface area contributed by atoms with Crippen molar-refractivity contribution in [3.8, 4) is 11.5 Å². The van der Waals surface area contributed by atoms with E-state index in [1.807, 2.05) is 30.0 Å². The van der Waals surface area contributed by atoms with E-state index < -0.39 is 0 Å². The smallest absolute Gasteiger partial charge is 0.255 e. The molecular weight excluding hydrogens is 394 g/mol. The highest BCUT2D eigenvalue weighted by molar-refractivity contribution is 5.98. The Morgan fingerprint density at radius 1 is 1.06 bits per heavy atom. The Kier molecular flexibility index (Phi) is 6.70. The summed E-state index contributed by atoms with van der Waals surface area (Å²) in [4.78, 5) is 31.8. The van der Waals surface area contributed by atoms with Crippen LogP contribution in [0, 0.1) is 5.92 Å². The minimum atomic E-state index is -0.148. The summed E-state index contributed by atoms with van der Waals surface area (Å²) in [6, 6.07) is 9.33. The van der Waals surface area contributed by atoms with Crippen molar-refractivity contribution in [3.63, 3.8) is 0 Å². The van der Waals surface area contributed by atoms with Crippen molar-refractivity contribution in [2.24, 2.45) is 5.92 Å². The van der Waals surface area contributed by atoms with Gasteiger partial charge in [0.1, 0.15) is 13.2 Å². The van der Waals surface area contributed by atoms with E-state index in [9.17, 15) is 9.59 Å². The third kappa shape index (κ3) is 4.98. The Bertz CT molecular complexity index is 910.